The van der Waals surface area contributed by atoms with Crippen LogP contribution in [0.3, 0.4) is 0 Å². The largest absolute Gasteiger partial charge is 0.492 e. The first-order valence-corrected chi connectivity index (χ1v) is 14.1. The van der Waals surface area contributed by atoms with Crippen molar-refractivity contribution in [3.05, 3.63) is 66.4 Å². The standard InChI is InChI=1S/C30H36N8O/c1-4-12-25(13-5-1)39-21-20-38-23-24(26-14-6-7-15-27(26)38)22-31-35-28-32-29(36-16-8-2-9-17-36)34-30(33-28)37-18-10-3-11-19-37/h1,4-7,12-15,22-23H,2-3,8-11,16-21H2,(H,32,33,34,35)/b31-22+. The highest BCUT2D eigenvalue weighted by molar-refractivity contribution is 5.99. The predicted molar refractivity (Wildman–Crippen MR) is 157 cm³/mol. The van der Waals surface area contributed by atoms with Gasteiger partial charge in [-0.2, -0.15) is 20.1 Å². The van der Waals surface area contributed by atoms with Crippen molar-refractivity contribution >= 4 is 35.0 Å². The van der Waals surface area contributed by atoms with Crippen molar-refractivity contribution in [2.45, 2.75) is 45.1 Å². The Hall–Kier alpha value is -4.14. The van der Waals surface area contributed by atoms with Gasteiger partial charge in [0, 0.05) is 48.8 Å². The molecule has 0 unspecified atom stereocenters. The number of aromatic nitrogens is 4. The fraction of sp³-hybridized carbons (Fsp3) is 0.400. The van der Waals surface area contributed by atoms with Gasteiger partial charge in [-0.1, -0.05) is 36.4 Å². The molecule has 2 saturated heterocycles. The smallest absolute Gasteiger partial charge is 0.250 e. The molecular formula is C30H36N8O. The number of nitrogens with one attached hydrogen (secondary N) is 1. The molecule has 2 aromatic carbocycles. The second kappa shape index (κ2) is 12.1. The number of rotatable bonds is 9. The molecule has 202 valence electrons. The molecule has 2 aliphatic heterocycles. The van der Waals surface area contributed by atoms with E-state index in [1.807, 2.05) is 36.5 Å². The zero-order valence-corrected chi connectivity index (χ0v) is 22.4. The molecule has 0 amide bonds. The van der Waals surface area contributed by atoms with Crippen molar-refractivity contribution in [1.29, 1.82) is 0 Å². The number of para-hydroxylation sites is 2. The molecule has 1 N–H and O–H groups in total. The third kappa shape index (κ3) is 6.13. The molecule has 39 heavy (non-hydrogen) atoms. The molecule has 0 aliphatic carbocycles. The van der Waals surface area contributed by atoms with Crippen LogP contribution in [-0.2, 0) is 6.54 Å². The third-order valence-corrected chi connectivity index (χ3v) is 7.42. The van der Waals surface area contributed by atoms with E-state index in [-0.39, 0.29) is 0 Å². The molecule has 0 spiro atoms. The highest BCUT2D eigenvalue weighted by atomic mass is 16.5. The summed E-state index contributed by atoms with van der Waals surface area (Å²) in [6.45, 7) is 5.27. The Morgan fingerprint density at radius 2 is 1.41 bits per heavy atom. The Morgan fingerprint density at radius 1 is 0.769 bits per heavy atom. The number of nitrogens with zero attached hydrogens (tertiary/aromatic N) is 7. The first-order valence-electron chi connectivity index (χ1n) is 14.1. The van der Waals surface area contributed by atoms with Crippen LogP contribution < -0.4 is 20.0 Å². The topological polar surface area (TPSA) is 83.7 Å². The average molecular weight is 525 g/mol. The zero-order valence-electron chi connectivity index (χ0n) is 22.4. The predicted octanol–water partition coefficient (Wildman–Crippen LogP) is 5.33. The Morgan fingerprint density at radius 3 is 2.10 bits per heavy atom. The molecule has 4 heterocycles. The number of benzene rings is 2. The maximum absolute atomic E-state index is 5.93. The van der Waals surface area contributed by atoms with Crippen molar-refractivity contribution in [1.82, 2.24) is 19.5 Å². The van der Waals surface area contributed by atoms with Gasteiger partial charge in [0.1, 0.15) is 12.4 Å². The summed E-state index contributed by atoms with van der Waals surface area (Å²) < 4.78 is 8.15. The lowest BCUT2D eigenvalue weighted by Gasteiger charge is -2.30. The van der Waals surface area contributed by atoms with E-state index in [1.165, 1.54) is 38.5 Å². The van der Waals surface area contributed by atoms with Gasteiger partial charge in [-0.25, -0.2) is 5.43 Å². The lowest BCUT2D eigenvalue weighted by Crippen LogP contribution is -2.34. The van der Waals surface area contributed by atoms with Crippen molar-refractivity contribution < 1.29 is 4.74 Å². The van der Waals surface area contributed by atoms with Gasteiger partial charge in [0.15, 0.2) is 0 Å². The minimum atomic E-state index is 0.488. The lowest BCUT2D eigenvalue weighted by molar-refractivity contribution is 0.300. The van der Waals surface area contributed by atoms with Crippen molar-refractivity contribution in [2.24, 2.45) is 5.10 Å². The van der Waals surface area contributed by atoms with E-state index in [9.17, 15) is 0 Å². The van der Waals surface area contributed by atoms with Gasteiger partial charge in [0.05, 0.1) is 12.8 Å². The molecule has 2 fully saturated rings. The van der Waals surface area contributed by atoms with Gasteiger partial charge in [-0.05, 0) is 56.7 Å². The van der Waals surface area contributed by atoms with E-state index in [4.69, 9.17) is 19.7 Å². The summed E-state index contributed by atoms with van der Waals surface area (Å²) in [6, 6.07) is 18.3. The molecule has 0 radical (unpaired) electrons. The first-order chi connectivity index (χ1) is 19.3. The van der Waals surface area contributed by atoms with E-state index >= 15 is 0 Å². The van der Waals surface area contributed by atoms with E-state index in [2.05, 4.69) is 55.4 Å². The summed E-state index contributed by atoms with van der Waals surface area (Å²) in [4.78, 5) is 18.9. The third-order valence-electron chi connectivity index (χ3n) is 7.42. The normalized spacial score (nSPS) is 16.2. The van der Waals surface area contributed by atoms with E-state index in [0.29, 0.717) is 12.6 Å². The van der Waals surface area contributed by atoms with E-state index in [0.717, 1.165) is 66.8 Å². The Labute approximate surface area is 229 Å². The maximum atomic E-state index is 5.93. The molecule has 4 aromatic rings. The number of hydrogen-bond acceptors (Lipinski definition) is 8. The van der Waals surface area contributed by atoms with Crippen molar-refractivity contribution in [2.75, 3.05) is 48.0 Å². The van der Waals surface area contributed by atoms with Gasteiger partial charge in [0.25, 0.3) is 0 Å². The minimum Gasteiger partial charge on any atom is -0.492 e. The van der Waals surface area contributed by atoms with Crippen molar-refractivity contribution in [3.63, 3.8) is 0 Å². The van der Waals surface area contributed by atoms with Crippen molar-refractivity contribution in [3.8, 4) is 5.75 Å². The van der Waals surface area contributed by atoms with Crippen LogP contribution in [0.15, 0.2) is 65.9 Å². The number of ether oxygens (including phenoxy) is 1. The quantitative estimate of drug-likeness (QED) is 0.234. The fourth-order valence-corrected chi connectivity index (χ4v) is 5.38. The van der Waals surface area contributed by atoms with Crippen LogP contribution in [0.2, 0.25) is 0 Å². The molecule has 2 aliphatic rings. The van der Waals surface area contributed by atoms with Gasteiger partial charge >= 0.3 is 0 Å². The maximum Gasteiger partial charge on any atom is 0.250 e. The fourth-order valence-electron chi connectivity index (χ4n) is 5.38. The summed E-state index contributed by atoms with van der Waals surface area (Å²) in [5.41, 5.74) is 5.29. The van der Waals surface area contributed by atoms with Crippen LogP contribution in [0.1, 0.15) is 44.1 Å². The van der Waals surface area contributed by atoms with E-state index in [1.54, 1.807) is 0 Å². The molecule has 6 rings (SSSR count). The van der Waals surface area contributed by atoms with Gasteiger partial charge in [-0.15, -0.1) is 0 Å². The monoisotopic (exact) mass is 524 g/mol. The molecule has 9 heteroatoms. The SMILES string of the molecule is C(=N\Nc1nc(N2CCCCC2)nc(N2CCCCC2)n1)/c1cn(CCOc2ccccc2)c2ccccc12. The van der Waals surface area contributed by atoms with Crippen LogP contribution in [-0.4, -0.2) is 58.5 Å². The van der Waals surface area contributed by atoms with Gasteiger partial charge in [-0.3, -0.25) is 0 Å². The summed E-state index contributed by atoms with van der Waals surface area (Å²) in [5, 5.41) is 5.71. The summed E-state index contributed by atoms with van der Waals surface area (Å²) >= 11 is 0. The lowest BCUT2D eigenvalue weighted by atomic mass is 10.1. The molecule has 0 atom stereocenters. The Bertz CT molecular complexity index is 1350. The molecular weight excluding hydrogens is 488 g/mol. The minimum absolute atomic E-state index is 0.488. The van der Waals surface area contributed by atoms with Gasteiger partial charge in [0.2, 0.25) is 17.8 Å². The number of hydrogen-bond donors (Lipinski definition) is 1. The Balaban J connectivity index is 1.20. The Kier molecular flexibility index (Phi) is 7.84. The molecule has 0 saturated carbocycles. The highest BCUT2D eigenvalue weighted by Crippen LogP contribution is 2.23. The van der Waals surface area contributed by atoms with Crippen LogP contribution in [0, 0.1) is 0 Å². The molecule has 9 nitrogen and oxygen atoms in total. The number of piperidine rings is 2. The van der Waals surface area contributed by atoms with Crippen LogP contribution in [0.5, 0.6) is 5.75 Å². The summed E-state index contributed by atoms with van der Waals surface area (Å²) in [7, 11) is 0. The highest BCUT2D eigenvalue weighted by Gasteiger charge is 2.20. The number of hydrazone groups is 1. The second-order valence-electron chi connectivity index (χ2n) is 10.2. The number of fused-ring (bicyclic) bond motifs is 1. The van der Waals surface area contributed by atoms with Crippen LogP contribution in [0.4, 0.5) is 17.8 Å². The zero-order chi connectivity index (χ0) is 26.3. The second-order valence-corrected chi connectivity index (χ2v) is 10.2. The van der Waals surface area contributed by atoms with Gasteiger partial charge < -0.3 is 19.1 Å². The summed E-state index contributed by atoms with van der Waals surface area (Å²) in [5.74, 6) is 2.86. The van der Waals surface area contributed by atoms with Crippen LogP contribution >= 0.6 is 0 Å². The van der Waals surface area contributed by atoms with Crippen LogP contribution in [0.25, 0.3) is 10.9 Å². The molecule has 0 bridgehead atoms. The summed E-state index contributed by atoms with van der Waals surface area (Å²) in [6.07, 6.45) is 11.2. The number of anilines is 3. The average Bonchev–Trinajstić information content (AvgIpc) is 3.36. The first kappa shape index (κ1) is 25.2. The van der Waals surface area contributed by atoms with E-state index < -0.39 is 0 Å². The molecule has 2 aromatic heterocycles.